The van der Waals surface area contributed by atoms with Gasteiger partial charge in [-0.25, -0.2) is 4.79 Å². The van der Waals surface area contributed by atoms with Crippen LogP contribution < -0.4 is 15.5 Å². The molecule has 2 heterocycles. The van der Waals surface area contributed by atoms with E-state index in [1.165, 1.54) is 24.0 Å². The lowest BCUT2D eigenvalue weighted by molar-refractivity contribution is 0.222. The molecule has 2 bridgehead atoms. The third kappa shape index (κ3) is 3.93. The number of fused-ring (bicyclic) bond motifs is 3. The quantitative estimate of drug-likeness (QED) is 0.844. The minimum atomic E-state index is 0.0100. The summed E-state index contributed by atoms with van der Waals surface area (Å²) in [5.74, 6) is 2.05. The molecule has 1 aromatic heterocycles. The van der Waals surface area contributed by atoms with Gasteiger partial charge in [0.15, 0.2) is 5.82 Å². The Bertz CT molecular complexity index is 816. The van der Waals surface area contributed by atoms with Crippen LogP contribution in [0.15, 0.2) is 42.6 Å². The van der Waals surface area contributed by atoms with Crippen LogP contribution in [-0.2, 0) is 12.8 Å². The molecule has 2 unspecified atom stereocenters. The van der Waals surface area contributed by atoms with Crippen LogP contribution in [0.25, 0.3) is 0 Å². The number of piperidine rings is 1. The summed E-state index contributed by atoms with van der Waals surface area (Å²) in [5.41, 5.74) is 2.95. The molecule has 29 heavy (non-hydrogen) atoms. The van der Waals surface area contributed by atoms with Crippen LogP contribution in [0.3, 0.4) is 0 Å². The molecule has 2 fully saturated rings. The Kier molecular flexibility index (Phi) is 5.08. The number of urea groups is 1. The Morgan fingerprint density at radius 3 is 2.21 bits per heavy atom. The Labute approximate surface area is 172 Å². The van der Waals surface area contributed by atoms with Crippen molar-refractivity contribution in [2.45, 2.75) is 50.6 Å². The zero-order valence-corrected chi connectivity index (χ0v) is 16.8. The Morgan fingerprint density at radius 2 is 1.59 bits per heavy atom. The number of aromatic nitrogens is 2. The number of amides is 2. The van der Waals surface area contributed by atoms with Gasteiger partial charge in [0, 0.05) is 31.4 Å². The summed E-state index contributed by atoms with van der Waals surface area (Å²) < 4.78 is 0. The number of rotatable bonds is 3. The van der Waals surface area contributed by atoms with E-state index in [-0.39, 0.29) is 12.1 Å². The normalized spacial score (nSPS) is 26.5. The predicted octanol–water partition coefficient (Wildman–Crippen LogP) is 2.94. The Morgan fingerprint density at radius 1 is 0.897 bits per heavy atom. The molecule has 1 saturated heterocycles. The molecule has 2 N–H and O–H groups in total. The number of nitrogens with zero attached hydrogens (tertiary/aromatic N) is 3. The van der Waals surface area contributed by atoms with Crippen LogP contribution in [0.4, 0.5) is 10.6 Å². The molecule has 2 amide bonds. The fourth-order valence-electron chi connectivity index (χ4n) is 5.48. The van der Waals surface area contributed by atoms with Crippen LogP contribution in [0.5, 0.6) is 0 Å². The SMILES string of the molecule is O=C(NC1CCN(c2cccnn2)CC1)NC1C2CCC1Cc1ccccc1C2. The van der Waals surface area contributed by atoms with Crippen LogP contribution in [0.2, 0.25) is 0 Å². The highest BCUT2D eigenvalue weighted by Crippen LogP contribution is 2.40. The lowest BCUT2D eigenvalue weighted by Gasteiger charge is -2.33. The molecular weight excluding hydrogens is 362 g/mol. The zero-order chi connectivity index (χ0) is 19.6. The van der Waals surface area contributed by atoms with E-state index in [9.17, 15) is 4.79 Å². The van der Waals surface area contributed by atoms with Gasteiger partial charge in [0.1, 0.15) is 0 Å². The molecule has 2 aromatic rings. The summed E-state index contributed by atoms with van der Waals surface area (Å²) in [6.45, 7) is 1.79. The van der Waals surface area contributed by atoms with Crippen molar-refractivity contribution in [2.24, 2.45) is 11.8 Å². The number of hydrogen-bond acceptors (Lipinski definition) is 4. The number of nitrogens with one attached hydrogen (secondary N) is 2. The van der Waals surface area contributed by atoms with Crippen LogP contribution in [-0.4, -0.2) is 41.4 Å². The molecule has 0 spiro atoms. The van der Waals surface area contributed by atoms with Crippen molar-refractivity contribution in [2.75, 3.05) is 18.0 Å². The molecule has 1 saturated carbocycles. The first-order valence-corrected chi connectivity index (χ1v) is 10.9. The van der Waals surface area contributed by atoms with E-state index in [1.54, 1.807) is 6.20 Å². The fraction of sp³-hybridized carbons (Fsp3) is 0.522. The summed E-state index contributed by atoms with van der Waals surface area (Å²) in [7, 11) is 0. The van der Waals surface area contributed by atoms with Crippen molar-refractivity contribution in [3.63, 3.8) is 0 Å². The molecule has 2 aliphatic carbocycles. The fourth-order valence-corrected chi connectivity index (χ4v) is 5.48. The molecule has 1 aromatic carbocycles. The van der Waals surface area contributed by atoms with E-state index >= 15 is 0 Å². The van der Waals surface area contributed by atoms with Gasteiger partial charge in [-0.15, -0.1) is 5.10 Å². The minimum absolute atomic E-state index is 0.0100. The van der Waals surface area contributed by atoms with Crippen molar-refractivity contribution in [3.8, 4) is 0 Å². The summed E-state index contributed by atoms with van der Waals surface area (Å²) in [5, 5.41) is 14.8. The second kappa shape index (κ2) is 8.01. The number of hydrogen-bond donors (Lipinski definition) is 2. The van der Waals surface area contributed by atoms with Gasteiger partial charge >= 0.3 is 6.03 Å². The van der Waals surface area contributed by atoms with E-state index in [1.807, 2.05) is 12.1 Å². The highest BCUT2D eigenvalue weighted by Gasteiger charge is 2.39. The molecule has 0 radical (unpaired) electrons. The number of carbonyl (C=O) groups is 1. The van der Waals surface area contributed by atoms with Crippen LogP contribution >= 0.6 is 0 Å². The largest absolute Gasteiger partial charge is 0.355 e. The van der Waals surface area contributed by atoms with Crippen molar-refractivity contribution < 1.29 is 4.79 Å². The van der Waals surface area contributed by atoms with E-state index in [2.05, 4.69) is 50.0 Å². The molecule has 3 aliphatic rings. The molecule has 6 heteroatoms. The smallest absolute Gasteiger partial charge is 0.315 e. The summed E-state index contributed by atoms with van der Waals surface area (Å²) >= 11 is 0. The molecule has 5 rings (SSSR count). The Balaban J connectivity index is 1.15. The average Bonchev–Trinajstić information content (AvgIpc) is 3.02. The Hall–Kier alpha value is -2.63. The maximum atomic E-state index is 12.8. The van der Waals surface area contributed by atoms with Gasteiger partial charge in [-0.1, -0.05) is 24.3 Å². The molecule has 152 valence electrons. The van der Waals surface area contributed by atoms with Crippen molar-refractivity contribution in [3.05, 3.63) is 53.7 Å². The number of benzene rings is 1. The van der Waals surface area contributed by atoms with Gasteiger partial charge in [0.2, 0.25) is 0 Å². The third-order valence-electron chi connectivity index (χ3n) is 7.02. The maximum absolute atomic E-state index is 12.8. The summed E-state index contributed by atoms with van der Waals surface area (Å²) in [4.78, 5) is 15.0. The first-order valence-electron chi connectivity index (χ1n) is 10.9. The standard InChI is InChI=1S/C23H29N5O/c29-23(25-20-9-12-28(13-10-20)21-6-3-11-24-27-21)26-22-18-7-8-19(22)15-17-5-2-1-4-16(17)14-18/h1-6,11,18-20,22H,7-10,12-15H2,(H2,25,26,29). The molecule has 2 atom stereocenters. The van der Waals surface area contributed by atoms with Gasteiger partial charge in [0.05, 0.1) is 0 Å². The van der Waals surface area contributed by atoms with Crippen molar-refractivity contribution in [1.29, 1.82) is 0 Å². The monoisotopic (exact) mass is 391 g/mol. The first-order chi connectivity index (χ1) is 14.3. The molecular formula is C23H29N5O. The van der Waals surface area contributed by atoms with Gasteiger partial charge in [-0.05, 0) is 73.6 Å². The summed E-state index contributed by atoms with van der Waals surface area (Å²) in [6, 6.07) is 13.2. The average molecular weight is 392 g/mol. The van der Waals surface area contributed by atoms with Crippen molar-refractivity contribution in [1.82, 2.24) is 20.8 Å². The van der Waals surface area contributed by atoms with E-state index in [0.29, 0.717) is 17.9 Å². The minimum Gasteiger partial charge on any atom is -0.355 e. The van der Waals surface area contributed by atoms with Crippen LogP contribution in [0.1, 0.15) is 36.8 Å². The van der Waals surface area contributed by atoms with Gasteiger partial charge in [0.25, 0.3) is 0 Å². The van der Waals surface area contributed by atoms with E-state index in [0.717, 1.165) is 44.6 Å². The first kappa shape index (κ1) is 18.4. The van der Waals surface area contributed by atoms with E-state index in [4.69, 9.17) is 0 Å². The second-order valence-electron chi connectivity index (χ2n) is 8.76. The number of anilines is 1. The maximum Gasteiger partial charge on any atom is 0.315 e. The number of carbonyl (C=O) groups excluding carboxylic acids is 1. The van der Waals surface area contributed by atoms with Crippen LogP contribution in [0, 0.1) is 11.8 Å². The lowest BCUT2D eigenvalue weighted by atomic mass is 9.94. The second-order valence-corrected chi connectivity index (χ2v) is 8.76. The highest BCUT2D eigenvalue weighted by molar-refractivity contribution is 5.74. The topological polar surface area (TPSA) is 70.2 Å². The molecule has 1 aliphatic heterocycles. The van der Waals surface area contributed by atoms with E-state index < -0.39 is 0 Å². The van der Waals surface area contributed by atoms with Gasteiger partial charge in [-0.3, -0.25) is 0 Å². The van der Waals surface area contributed by atoms with Crippen molar-refractivity contribution >= 4 is 11.8 Å². The predicted molar refractivity (Wildman–Crippen MR) is 113 cm³/mol. The van der Waals surface area contributed by atoms with Gasteiger partial charge in [-0.2, -0.15) is 5.10 Å². The lowest BCUT2D eigenvalue weighted by Crippen LogP contribution is -2.52. The summed E-state index contributed by atoms with van der Waals surface area (Å²) in [6.07, 6.45) is 8.20. The highest BCUT2D eigenvalue weighted by atomic mass is 16.2. The third-order valence-corrected chi connectivity index (χ3v) is 7.02. The molecule has 6 nitrogen and oxygen atoms in total. The zero-order valence-electron chi connectivity index (χ0n) is 16.8. The van der Waals surface area contributed by atoms with Gasteiger partial charge < -0.3 is 15.5 Å².